The number of nitrogens with one attached hydrogen (secondary N) is 1. The van der Waals surface area contributed by atoms with Gasteiger partial charge in [0.15, 0.2) is 0 Å². The van der Waals surface area contributed by atoms with Crippen molar-refractivity contribution in [1.29, 1.82) is 0 Å². The Bertz CT molecular complexity index is 520. The molecule has 106 valence electrons. The molecule has 1 aromatic carbocycles. The number of nitrogens with zero attached hydrogens (tertiary/aromatic N) is 2. The van der Waals surface area contributed by atoms with E-state index in [1.165, 1.54) is 18.4 Å². The van der Waals surface area contributed by atoms with Gasteiger partial charge in [0.1, 0.15) is 5.75 Å². The Morgan fingerprint density at radius 1 is 1.30 bits per heavy atom. The summed E-state index contributed by atoms with van der Waals surface area (Å²) in [6, 6.07) is 9.03. The second-order valence-electron chi connectivity index (χ2n) is 5.27. The molecule has 1 heterocycles. The van der Waals surface area contributed by atoms with Crippen LogP contribution in [0, 0.1) is 0 Å². The lowest BCUT2D eigenvalue weighted by Gasteiger charge is -2.12. The van der Waals surface area contributed by atoms with Crippen LogP contribution in [-0.2, 0) is 13.1 Å². The second-order valence-corrected chi connectivity index (χ2v) is 5.27. The minimum atomic E-state index is 0.726. The van der Waals surface area contributed by atoms with Gasteiger partial charge in [0.25, 0.3) is 0 Å². The summed E-state index contributed by atoms with van der Waals surface area (Å²) in [4.78, 5) is 4.03. The molecule has 0 bridgehead atoms. The molecule has 1 fully saturated rings. The summed E-state index contributed by atoms with van der Waals surface area (Å²) < 4.78 is 7.99. The number of aromatic nitrogens is 2. The van der Waals surface area contributed by atoms with E-state index in [-0.39, 0.29) is 0 Å². The zero-order valence-electron chi connectivity index (χ0n) is 11.7. The molecule has 4 heteroatoms. The molecule has 0 atom stereocenters. The number of aryl methyl sites for hydroxylation is 1. The van der Waals surface area contributed by atoms with E-state index < -0.39 is 0 Å². The molecular weight excluding hydrogens is 250 g/mol. The number of hydrogen-bond acceptors (Lipinski definition) is 3. The Labute approximate surface area is 119 Å². The van der Waals surface area contributed by atoms with Gasteiger partial charge in [-0.3, -0.25) is 0 Å². The third-order valence-corrected chi connectivity index (χ3v) is 3.51. The van der Waals surface area contributed by atoms with Gasteiger partial charge in [0.2, 0.25) is 0 Å². The maximum Gasteiger partial charge on any atom is 0.123 e. The summed E-state index contributed by atoms with van der Waals surface area (Å²) in [6.07, 6.45) is 9.24. The molecule has 1 saturated carbocycles. The lowest BCUT2D eigenvalue weighted by molar-refractivity contribution is 0.298. The first-order valence-corrected chi connectivity index (χ1v) is 7.31. The van der Waals surface area contributed by atoms with E-state index in [1.54, 1.807) is 6.20 Å². The van der Waals surface area contributed by atoms with Crippen molar-refractivity contribution < 1.29 is 4.74 Å². The average Bonchev–Trinajstić information content (AvgIpc) is 3.17. The summed E-state index contributed by atoms with van der Waals surface area (Å²) in [6.45, 7) is 2.59. The standard InChI is InChI=1S/C16H21N3O/c1-2-5-16(14(4-1)12-18-15-6-7-15)20-11-3-9-19-10-8-17-13-19/h1-2,4-5,8,10,13,15,18H,3,6-7,9,11-12H2. The number of benzene rings is 1. The molecule has 0 radical (unpaired) electrons. The van der Waals surface area contributed by atoms with Crippen LogP contribution >= 0.6 is 0 Å². The highest BCUT2D eigenvalue weighted by atomic mass is 16.5. The summed E-state index contributed by atoms with van der Waals surface area (Å²) in [5.41, 5.74) is 1.25. The fourth-order valence-electron chi connectivity index (χ4n) is 2.18. The number of para-hydroxylation sites is 1. The van der Waals surface area contributed by atoms with Crippen molar-refractivity contribution in [3.63, 3.8) is 0 Å². The third-order valence-electron chi connectivity index (χ3n) is 3.51. The molecule has 0 aliphatic heterocycles. The molecule has 0 amide bonds. The van der Waals surface area contributed by atoms with Gasteiger partial charge in [-0.1, -0.05) is 18.2 Å². The largest absolute Gasteiger partial charge is 0.493 e. The topological polar surface area (TPSA) is 39.1 Å². The van der Waals surface area contributed by atoms with Crippen LogP contribution in [0.4, 0.5) is 0 Å². The van der Waals surface area contributed by atoms with E-state index in [0.29, 0.717) is 0 Å². The van der Waals surface area contributed by atoms with Crippen molar-refractivity contribution in [2.75, 3.05) is 6.61 Å². The van der Waals surface area contributed by atoms with Crippen LogP contribution in [0.25, 0.3) is 0 Å². The number of ether oxygens (including phenoxy) is 1. The van der Waals surface area contributed by atoms with Crippen LogP contribution in [0.15, 0.2) is 43.0 Å². The summed E-state index contributed by atoms with van der Waals surface area (Å²) in [5, 5.41) is 3.53. The fraction of sp³-hybridized carbons (Fsp3) is 0.438. The van der Waals surface area contributed by atoms with E-state index >= 15 is 0 Å². The normalized spacial score (nSPS) is 14.4. The first kappa shape index (κ1) is 13.2. The highest BCUT2D eigenvalue weighted by Crippen LogP contribution is 2.22. The quantitative estimate of drug-likeness (QED) is 0.750. The Morgan fingerprint density at radius 2 is 2.20 bits per heavy atom. The molecule has 1 aromatic heterocycles. The van der Waals surface area contributed by atoms with E-state index in [4.69, 9.17) is 4.74 Å². The van der Waals surface area contributed by atoms with E-state index in [0.717, 1.165) is 37.9 Å². The molecule has 2 aromatic rings. The predicted molar refractivity (Wildman–Crippen MR) is 78.6 cm³/mol. The Hall–Kier alpha value is -1.81. The Kier molecular flexibility index (Phi) is 4.33. The minimum Gasteiger partial charge on any atom is -0.493 e. The SMILES string of the molecule is c1ccc(OCCCn2ccnc2)c(CNC2CC2)c1. The Morgan fingerprint density at radius 3 is 3.00 bits per heavy atom. The third kappa shape index (κ3) is 3.84. The van der Waals surface area contributed by atoms with Gasteiger partial charge in [-0.15, -0.1) is 0 Å². The average molecular weight is 271 g/mol. The highest BCUT2D eigenvalue weighted by molar-refractivity contribution is 5.33. The monoisotopic (exact) mass is 271 g/mol. The second kappa shape index (κ2) is 6.57. The molecule has 1 aliphatic rings. The smallest absolute Gasteiger partial charge is 0.123 e. The van der Waals surface area contributed by atoms with Gasteiger partial charge in [0.05, 0.1) is 12.9 Å². The van der Waals surface area contributed by atoms with Gasteiger partial charge >= 0.3 is 0 Å². The molecular formula is C16H21N3O. The number of imidazole rings is 1. The summed E-state index contributed by atoms with van der Waals surface area (Å²) in [7, 11) is 0. The van der Waals surface area contributed by atoms with Gasteiger partial charge < -0.3 is 14.6 Å². The van der Waals surface area contributed by atoms with Crippen molar-refractivity contribution in [2.24, 2.45) is 0 Å². The van der Waals surface area contributed by atoms with Gasteiger partial charge in [-0.05, 0) is 25.3 Å². The molecule has 0 saturated heterocycles. The Balaban J connectivity index is 1.45. The van der Waals surface area contributed by atoms with E-state index in [9.17, 15) is 0 Å². The number of rotatable bonds is 8. The van der Waals surface area contributed by atoms with Crippen molar-refractivity contribution in [2.45, 2.75) is 38.4 Å². The van der Waals surface area contributed by atoms with Crippen LogP contribution in [0.5, 0.6) is 5.75 Å². The molecule has 0 spiro atoms. The molecule has 1 aliphatic carbocycles. The maximum absolute atomic E-state index is 5.91. The lowest BCUT2D eigenvalue weighted by atomic mass is 10.2. The predicted octanol–water partition coefficient (Wildman–Crippen LogP) is 2.60. The molecule has 3 rings (SSSR count). The molecule has 0 unspecified atom stereocenters. The van der Waals surface area contributed by atoms with Crippen molar-refractivity contribution >= 4 is 0 Å². The van der Waals surface area contributed by atoms with Gasteiger partial charge in [-0.25, -0.2) is 4.98 Å². The van der Waals surface area contributed by atoms with Gasteiger partial charge in [-0.2, -0.15) is 0 Å². The maximum atomic E-state index is 5.91. The van der Waals surface area contributed by atoms with E-state index in [2.05, 4.69) is 33.1 Å². The summed E-state index contributed by atoms with van der Waals surface area (Å²) >= 11 is 0. The summed E-state index contributed by atoms with van der Waals surface area (Å²) in [5.74, 6) is 1.01. The van der Waals surface area contributed by atoms with Crippen LogP contribution in [-0.4, -0.2) is 22.2 Å². The first-order valence-electron chi connectivity index (χ1n) is 7.31. The zero-order valence-corrected chi connectivity index (χ0v) is 11.7. The molecule has 20 heavy (non-hydrogen) atoms. The van der Waals surface area contributed by atoms with Gasteiger partial charge in [0, 0.05) is 37.1 Å². The lowest BCUT2D eigenvalue weighted by Crippen LogP contribution is -2.16. The molecule has 4 nitrogen and oxygen atoms in total. The van der Waals surface area contributed by atoms with Crippen LogP contribution in [0.2, 0.25) is 0 Å². The molecule has 1 N–H and O–H groups in total. The van der Waals surface area contributed by atoms with Crippen LogP contribution < -0.4 is 10.1 Å². The highest BCUT2D eigenvalue weighted by Gasteiger charge is 2.20. The van der Waals surface area contributed by atoms with Crippen molar-refractivity contribution in [1.82, 2.24) is 14.9 Å². The van der Waals surface area contributed by atoms with Crippen LogP contribution in [0.3, 0.4) is 0 Å². The number of hydrogen-bond donors (Lipinski definition) is 1. The van der Waals surface area contributed by atoms with Crippen molar-refractivity contribution in [3.05, 3.63) is 48.5 Å². The fourth-order valence-corrected chi connectivity index (χ4v) is 2.18. The zero-order chi connectivity index (χ0) is 13.6. The van der Waals surface area contributed by atoms with Crippen molar-refractivity contribution in [3.8, 4) is 5.75 Å². The first-order chi connectivity index (χ1) is 9.92. The minimum absolute atomic E-state index is 0.726. The van der Waals surface area contributed by atoms with Crippen LogP contribution in [0.1, 0.15) is 24.8 Å². The van der Waals surface area contributed by atoms with E-state index in [1.807, 2.05) is 18.6 Å².